The zero-order chi connectivity index (χ0) is 13.9. The van der Waals surface area contributed by atoms with E-state index in [4.69, 9.17) is 10.8 Å². The second-order valence-corrected chi connectivity index (χ2v) is 6.40. The van der Waals surface area contributed by atoms with Crippen LogP contribution >= 0.6 is 0 Å². The van der Waals surface area contributed by atoms with Crippen molar-refractivity contribution >= 4 is 27.2 Å². The van der Waals surface area contributed by atoms with Gasteiger partial charge in [0.25, 0.3) is 0 Å². The zero-order valence-corrected chi connectivity index (χ0v) is 11.0. The smallest absolute Gasteiger partial charge is 0.337 e. The summed E-state index contributed by atoms with van der Waals surface area (Å²) in [5.74, 6) is -1.21. The number of aromatic carboxylic acids is 1. The van der Waals surface area contributed by atoms with Crippen molar-refractivity contribution < 1.29 is 18.3 Å². The average Bonchev–Trinajstić information content (AvgIpc) is 2.17. The van der Waals surface area contributed by atoms with Gasteiger partial charge in [-0.05, 0) is 19.1 Å². The van der Waals surface area contributed by atoms with Gasteiger partial charge in [-0.1, -0.05) is 6.07 Å². The lowest BCUT2D eigenvalue weighted by molar-refractivity contribution is 0.0698. The van der Waals surface area contributed by atoms with Crippen LogP contribution in [0.15, 0.2) is 18.2 Å². The van der Waals surface area contributed by atoms with Crippen LogP contribution in [0.25, 0.3) is 0 Å². The molecule has 6 nitrogen and oxygen atoms in total. The Labute approximate surface area is 106 Å². The predicted molar refractivity (Wildman–Crippen MR) is 70.6 cm³/mol. The maximum atomic E-state index is 11.1. The molecule has 0 aromatic heterocycles. The van der Waals surface area contributed by atoms with Gasteiger partial charge in [0.15, 0.2) is 0 Å². The molecule has 0 fully saturated rings. The van der Waals surface area contributed by atoms with Gasteiger partial charge in [-0.15, -0.1) is 0 Å². The summed E-state index contributed by atoms with van der Waals surface area (Å²) in [6.07, 6.45) is 1.12. The van der Waals surface area contributed by atoms with Gasteiger partial charge in [-0.2, -0.15) is 0 Å². The number of nitrogen functional groups attached to an aromatic ring is 1. The Bertz CT molecular complexity index is 554. The summed E-state index contributed by atoms with van der Waals surface area (Å²) in [4.78, 5) is 11.0. The highest BCUT2D eigenvalue weighted by Gasteiger charge is 2.16. The summed E-state index contributed by atoms with van der Waals surface area (Å²) < 4.78 is 22.3. The van der Waals surface area contributed by atoms with E-state index in [0.29, 0.717) is 0 Å². The summed E-state index contributed by atoms with van der Waals surface area (Å²) in [5.41, 5.74) is 6.24. The van der Waals surface area contributed by atoms with Gasteiger partial charge in [0.2, 0.25) is 0 Å². The van der Waals surface area contributed by atoms with E-state index >= 15 is 0 Å². The van der Waals surface area contributed by atoms with E-state index in [1.54, 1.807) is 13.0 Å². The first-order chi connectivity index (χ1) is 8.20. The molecule has 1 rings (SSSR count). The number of rotatable bonds is 5. The number of benzene rings is 1. The van der Waals surface area contributed by atoms with Crippen LogP contribution in [0.1, 0.15) is 17.3 Å². The third-order valence-electron chi connectivity index (χ3n) is 2.27. The number of carbonyl (C=O) groups is 1. The monoisotopic (exact) mass is 272 g/mol. The molecular formula is C11H16N2O4S. The largest absolute Gasteiger partial charge is 0.478 e. The summed E-state index contributed by atoms with van der Waals surface area (Å²) in [6.45, 7) is 1.65. The molecule has 1 aromatic rings. The van der Waals surface area contributed by atoms with Crippen LogP contribution in [0.2, 0.25) is 0 Å². The Kier molecular flexibility index (Phi) is 4.18. The fraction of sp³-hybridized carbons (Fsp3) is 0.364. The van der Waals surface area contributed by atoms with Gasteiger partial charge in [-0.25, -0.2) is 13.2 Å². The van der Waals surface area contributed by atoms with Crippen molar-refractivity contribution in [1.82, 2.24) is 0 Å². The lowest BCUT2D eigenvalue weighted by Gasteiger charge is -2.17. The first-order valence-corrected chi connectivity index (χ1v) is 7.33. The highest BCUT2D eigenvalue weighted by Crippen LogP contribution is 2.24. The van der Waals surface area contributed by atoms with Crippen LogP contribution in [0.5, 0.6) is 0 Å². The highest BCUT2D eigenvalue weighted by atomic mass is 32.2. The van der Waals surface area contributed by atoms with Crippen LogP contribution in [0.3, 0.4) is 0 Å². The van der Waals surface area contributed by atoms with Crippen LogP contribution in [-0.2, 0) is 9.84 Å². The van der Waals surface area contributed by atoms with E-state index < -0.39 is 21.8 Å². The minimum atomic E-state index is -3.14. The minimum absolute atomic E-state index is 0.0235. The molecule has 0 amide bonds. The Morgan fingerprint density at radius 2 is 2.11 bits per heavy atom. The Balaban J connectivity index is 3.00. The molecule has 18 heavy (non-hydrogen) atoms. The number of carboxylic acid groups (broad SMARTS) is 1. The molecule has 0 aliphatic carbocycles. The number of nitrogens with two attached hydrogens (primary N) is 1. The summed E-state index contributed by atoms with van der Waals surface area (Å²) in [6, 6.07) is 4.07. The Morgan fingerprint density at radius 1 is 1.50 bits per heavy atom. The molecule has 0 radical (unpaired) electrons. The zero-order valence-electron chi connectivity index (χ0n) is 10.2. The second kappa shape index (κ2) is 5.26. The second-order valence-electron chi connectivity index (χ2n) is 4.21. The van der Waals surface area contributed by atoms with Gasteiger partial charge in [0.1, 0.15) is 9.84 Å². The molecule has 0 bridgehead atoms. The third-order valence-corrected chi connectivity index (χ3v) is 3.38. The topological polar surface area (TPSA) is 109 Å². The molecule has 0 aliphatic rings. The van der Waals surface area contributed by atoms with Gasteiger partial charge in [0.05, 0.1) is 22.7 Å². The van der Waals surface area contributed by atoms with Gasteiger partial charge in [0, 0.05) is 12.3 Å². The summed E-state index contributed by atoms with van der Waals surface area (Å²) in [5, 5.41) is 11.9. The van der Waals surface area contributed by atoms with E-state index in [9.17, 15) is 13.2 Å². The normalized spacial score (nSPS) is 13.0. The first kappa shape index (κ1) is 14.3. The lowest BCUT2D eigenvalue weighted by atomic mass is 10.1. The molecule has 0 saturated heterocycles. The Hall–Kier alpha value is -1.76. The van der Waals surface area contributed by atoms with Crippen molar-refractivity contribution in [2.45, 2.75) is 13.0 Å². The molecule has 4 N–H and O–H groups in total. The highest BCUT2D eigenvalue weighted by molar-refractivity contribution is 7.90. The Morgan fingerprint density at radius 3 is 2.61 bits per heavy atom. The van der Waals surface area contributed by atoms with Crippen molar-refractivity contribution in [2.24, 2.45) is 0 Å². The predicted octanol–water partition coefficient (Wildman–Crippen LogP) is 0.812. The van der Waals surface area contributed by atoms with Gasteiger partial charge < -0.3 is 16.2 Å². The molecule has 0 spiro atoms. The molecular weight excluding hydrogens is 256 g/mol. The van der Waals surface area contributed by atoms with E-state index in [0.717, 1.165) is 6.26 Å². The number of para-hydroxylation sites is 1. The number of hydrogen-bond acceptors (Lipinski definition) is 5. The maximum Gasteiger partial charge on any atom is 0.337 e. The number of sulfone groups is 1. The van der Waals surface area contributed by atoms with E-state index in [1.165, 1.54) is 12.1 Å². The SMILES string of the molecule is CC(CS(C)(=O)=O)Nc1c(N)cccc1C(=O)O. The molecule has 0 aliphatic heterocycles. The number of carboxylic acids is 1. The van der Waals surface area contributed by atoms with Crippen molar-refractivity contribution in [3.05, 3.63) is 23.8 Å². The van der Waals surface area contributed by atoms with Crippen LogP contribution in [0, 0.1) is 0 Å². The van der Waals surface area contributed by atoms with E-state index in [2.05, 4.69) is 5.32 Å². The fourth-order valence-electron chi connectivity index (χ4n) is 1.65. The van der Waals surface area contributed by atoms with Crippen LogP contribution in [0.4, 0.5) is 11.4 Å². The average molecular weight is 272 g/mol. The summed E-state index contributed by atoms with van der Waals surface area (Å²) in [7, 11) is -3.14. The molecule has 100 valence electrons. The van der Waals surface area contributed by atoms with E-state index in [-0.39, 0.29) is 22.7 Å². The fourth-order valence-corrected chi connectivity index (χ4v) is 2.64. The third kappa shape index (κ3) is 3.92. The summed E-state index contributed by atoms with van der Waals surface area (Å²) >= 11 is 0. The molecule has 7 heteroatoms. The van der Waals surface area contributed by atoms with Crippen molar-refractivity contribution in [3.8, 4) is 0 Å². The first-order valence-electron chi connectivity index (χ1n) is 5.26. The molecule has 1 unspecified atom stereocenters. The van der Waals surface area contributed by atoms with Gasteiger partial charge >= 0.3 is 5.97 Å². The number of nitrogens with one attached hydrogen (secondary N) is 1. The van der Waals surface area contributed by atoms with E-state index in [1.807, 2.05) is 0 Å². The molecule has 1 aromatic carbocycles. The molecule has 1 atom stereocenters. The maximum absolute atomic E-state index is 11.1. The number of anilines is 2. The van der Waals surface area contributed by atoms with Crippen molar-refractivity contribution in [1.29, 1.82) is 0 Å². The minimum Gasteiger partial charge on any atom is -0.478 e. The standard InChI is InChI=1S/C11H16N2O4S/c1-7(6-18(2,16)17)13-10-8(11(14)15)4-3-5-9(10)12/h3-5,7,13H,6,12H2,1-2H3,(H,14,15). The van der Waals surface area contributed by atoms with Crippen molar-refractivity contribution in [2.75, 3.05) is 23.1 Å². The van der Waals surface area contributed by atoms with Crippen LogP contribution in [-0.4, -0.2) is 37.5 Å². The molecule has 0 saturated carbocycles. The van der Waals surface area contributed by atoms with Crippen LogP contribution < -0.4 is 11.1 Å². The number of hydrogen-bond donors (Lipinski definition) is 3. The molecule has 0 heterocycles. The van der Waals surface area contributed by atoms with Gasteiger partial charge in [-0.3, -0.25) is 0 Å². The van der Waals surface area contributed by atoms with Crippen molar-refractivity contribution in [3.63, 3.8) is 0 Å². The lowest BCUT2D eigenvalue weighted by Crippen LogP contribution is -2.26. The quantitative estimate of drug-likeness (QED) is 0.684.